The van der Waals surface area contributed by atoms with E-state index in [1.165, 1.54) is 11.8 Å². The normalized spacial score (nSPS) is 49.1. The van der Waals surface area contributed by atoms with Gasteiger partial charge >= 0.3 is 5.97 Å². The Morgan fingerprint density at radius 2 is 1.91 bits per heavy atom. The number of aliphatic hydroxyl groups excluding tert-OH is 2. The molecule has 0 amide bonds. The zero-order valence-electron chi connectivity index (χ0n) is 21.4. The molecule has 7 heteroatoms. The summed E-state index contributed by atoms with van der Waals surface area (Å²) in [4.78, 5) is 26.5. The van der Waals surface area contributed by atoms with Crippen LogP contribution in [0, 0.1) is 34.5 Å². The number of ether oxygens (including phenoxy) is 1. The maximum absolute atomic E-state index is 13.4. The first-order chi connectivity index (χ1) is 16.0. The minimum absolute atomic E-state index is 0.00370. The molecule has 194 valence electrons. The lowest BCUT2D eigenvalue weighted by atomic mass is 9.45. The molecule has 0 spiro atoms. The molecule has 4 aliphatic carbocycles. The van der Waals surface area contributed by atoms with Gasteiger partial charge in [0.2, 0.25) is 0 Å². The summed E-state index contributed by atoms with van der Waals surface area (Å²) >= 11 is 1.47. The number of carbonyl (C=O) groups is 2. The molecule has 34 heavy (non-hydrogen) atoms. The number of hydrogen-bond donors (Lipinski definition) is 3. The van der Waals surface area contributed by atoms with Crippen molar-refractivity contribution in [3.63, 3.8) is 0 Å². The fraction of sp³-hybridized carbons (Fsp3) is 0.926. The Morgan fingerprint density at radius 1 is 1.18 bits per heavy atom. The third kappa shape index (κ3) is 4.37. The van der Waals surface area contributed by atoms with Gasteiger partial charge in [-0.25, -0.2) is 0 Å². The second-order valence-corrected chi connectivity index (χ2v) is 13.3. The summed E-state index contributed by atoms with van der Waals surface area (Å²) in [6, 6.07) is 0.0328. The average Bonchev–Trinajstić information content (AvgIpc) is 3.15. The number of Topliss-reactive ketones (excluding diaryl/α,β-unsaturated/α-hetero) is 1. The van der Waals surface area contributed by atoms with Gasteiger partial charge in [-0.05, 0) is 68.1 Å². The van der Waals surface area contributed by atoms with Crippen LogP contribution in [0.25, 0.3) is 0 Å². The molecule has 4 aliphatic rings. The molecule has 0 aliphatic heterocycles. The molecule has 0 saturated heterocycles. The van der Waals surface area contributed by atoms with Crippen LogP contribution in [0.5, 0.6) is 0 Å². The van der Waals surface area contributed by atoms with Crippen molar-refractivity contribution in [2.24, 2.45) is 40.2 Å². The van der Waals surface area contributed by atoms with Crippen LogP contribution >= 0.6 is 11.8 Å². The lowest BCUT2D eigenvalue weighted by molar-refractivity contribution is -0.199. The fourth-order valence-electron chi connectivity index (χ4n) is 8.22. The van der Waals surface area contributed by atoms with Gasteiger partial charge in [-0.15, -0.1) is 11.8 Å². The Hall–Kier alpha value is -0.630. The van der Waals surface area contributed by atoms with Crippen LogP contribution in [-0.2, 0) is 14.3 Å². The second kappa shape index (κ2) is 10.0. The zero-order chi connectivity index (χ0) is 24.8. The van der Waals surface area contributed by atoms with E-state index in [1.54, 1.807) is 0 Å². The van der Waals surface area contributed by atoms with E-state index in [-0.39, 0.29) is 58.2 Å². The molecule has 4 saturated carbocycles. The number of carbonyl (C=O) groups excluding carboxylic acids is 2. The van der Waals surface area contributed by atoms with Crippen LogP contribution in [0.4, 0.5) is 0 Å². The van der Waals surface area contributed by atoms with Gasteiger partial charge in [0.25, 0.3) is 0 Å². The second-order valence-electron chi connectivity index (χ2n) is 12.1. The Balaban J connectivity index is 1.57. The highest BCUT2D eigenvalue weighted by Gasteiger charge is 2.67. The number of rotatable bonds is 5. The van der Waals surface area contributed by atoms with Gasteiger partial charge < -0.3 is 20.7 Å². The molecule has 6 nitrogen and oxygen atoms in total. The van der Waals surface area contributed by atoms with Crippen molar-refractivity contribution < 1.29 is 24.5 Å². The fourth-order valence-corrected chi connectivity index (χ4v) is 9.27. The van der Waals surface area contributed by atoms with Gasteiger partial charge in [0, 0.05) is 29.0 Å². The van der Waals surface area contributed by atoms with Crippen molar-refractivity contribution in [1.29, 1.82) is 0 Å². The van der Waals surface area contributed by atoms with Gasteiger partial charge in [-0.2, -0.15) is 0 Å². The van der Waals surface area contributed by atoms with E-state index < -0.39 is 17.6 Å². The Morgan fingerprint density at radius 3 is 2.59 bits per heavy atom. The summed E-state index contributed by atoms with van der Waals surface area (Å²) in [6.45, 7) is 8.66. The van der Waals surface area contributed by atoms with Crippen molar-refractivity contribution in [2.45, 2.75) is 115 Å². The molecule has 4 N–H and O–H groups in total. The minimum atomic E-state index is -0.492. The van der Waals surface area contributed by atoms with Crippen molar-refractivity contribution >= 4 is 23.5 Å². The highest BCUT2D eigenvalue weighted by Crippen LogP contribution is 2.67. The zero-order valence-corrected chi connectivity index (χ0v) is 22.2. The summed E-state index contributed by atoms with van der Waals surface area (Å²) in [5.41, 5.74) is 5.34. The molecule has 0 radical (unpaired) electrons. The predicted octanol–water partition coefficient (Wildman–Crippen LogP) is 3.70. The number of thioether (sulfide) groups is 1. The average molecular weight is 496 g/mol. The molecule has 0 aromatic rings. The number of ketones is 1. The summed E-state index contributed by atoms with van der Waals surface area (Å²) < 4.78 is 6.27. The minimum Gasteiger partial charge on any atom is -0.461 e. The highest BCUT2D eigenvalue weighted by molar-refractivity contribution is 8.00. The van der Waals surface area contributed by atoms with E-state index in [2.05, 4.69) is 27.7 Å². The molecule has 0 unspecified atom stereocenters. The molecule has 2 bridgehead atoms. The summed E-state index contributed by atoms with van der Waals surface area (Å²) in [7, 11) is 0. The van der Waals surface area contributed by atoms with Gasteiger partial charge in [-0.3, -0.25) is 9.59 Å². The van der Waals surface area contributed by atoms with Gasteiger partial charge in [0.15, 0.2) is 0 Å². The standard InChI is InChI=1S/C27H45NO5S/c1-5-17-12-22(33-23(31)14-34-21-7-6-18(28)13-20(21)30)26(4)15(2)8-10-27(16(3)24(17)32)11-9-19(29)25(26)27/h15-18,20-22,24-25,30,32H,5-14,28H2,1-4H3/t15-,16+,17+,18-,20-,21-,22+,24+,25+,26+,27+/m1/s1. The SMILES string of the molecule is CC[C@H]1C[C@H](OC(=O)CS[C@@H]2CC[C@@H](N)C[C@H]2O)[C@]2(C)[C@H](C)CC[C@]3(CCC(=O)[C@H]32)[C@@H](C)[C@@H]1O. The first-order valence-corrected chi connectivity index (χ1v) is 14.5. The van der Waals surface area contributed by atoms with Crippen LogP contribution in [0.2, 0.25) is 0 Å². The van der Waals surface area contributed by atoms with Crippen LogP contribution in [0.15, 0.2) is 0 Å². The van der Waals surface area contributed by atoms with Crippen LogP contribution in [0.3, 0.4) is 0 Å². The van der Waals surface area contributed by atoms with E-state index in [1.807, 2.05) is 0 Å². The maximum Gasteiger partial charge on any atom is 0.316 e. The number of hydrogen-bond acceptors (Lipinski definition) is 7. The van der Waals surface area contributed by atoms with E-state index >= 15 is 0 Å². The Labute approximate surface area is 209 Å². The van der Waals surface area contributed by atoms with Gasteiger partial charge in [0.1, 0.15) is 11.9 Å². The van der Waals surface area contributed by atoms with Gasteiger partial charge in [-0.1, -0.05) is 34.1 Å². The first-order valence-electron chi connectivity index (χ1n) is 13.5. The lowest BCUT2D eigenvalue weighted by Gasteiger charge is -2.60. The topological polar surface area (TPSA) is 110 Å². The van der Waals surface area contributed by atoms with Crippen molar-refractivity contribution in [3.05, 3.63) is 0 Å². The van der Waals surface area contributed by atoms with E-state index in [4.69, 9.17) is 10.5 Å². The quantitative estimate of drug-likeness (QED) is 0.499. The summed E-state index contributed by atoms with van der Waals surface area (Å²) in [5, 5.41) is 21.8. The number of aliphatic hydroxyl groups is 2. The summed E-state index contributed by atoms with van der Waals surface area (Å²) in [5.74, 6) is 0.410. The number of esters is 1. The van der Waals surface area contributed by atoms with Gasteiger partial charge in [0.05, 0.1) is 18.0 Å². The third-order valence-electron chi connectivity index (χ3n) is 10.6. The highest BCUT2D eigenvalue weighted by atomic mass is 32.2. The lowest BCUT2D eigenvalue weighted by Crippen LogP contribution is -2.61. The van der Waals surface area contributed by atoms with Crippen LogP contribution < -0.4 is 5.73 Å². The molecular formula is C27H45NO5S. The van der Waals surface area contributed by atoms with Crippen molar-refractivity contribution in [1.82, 2.24) is 0 Å². The Kier molecular flexibility index (Phi) is 7.79. The maximum atomic E-state index is 13.4. The van der Waals surface area contributed by atoms with Crippen molar-refractivity contribution in [2.75, 3.05) is 5.75 Å². The molecule has 4 fully saturated rings. The van der Waals surface area contributed by atoms with E-state index in [9.17, 15) is 19.8 Å². The largest absolute Gasteiger partial charge is 0.461 e. The molecule has 4 rings (SSSR count). The smallest absolute Gasteiger partial charge is 0.316 e. The molecule has 0 aromatic heterocycles. The van der Waals surface area contributed by atoms with E-state index in [0.717, 1.165) is 38.5 Å². The first kappa shape index (κ1) is 26.4. The Bertz CT molecular complexity index is 778. The van der Waals surface area contributed by atoms with Crippen molar-refractivity contribution in [3.8, 4) is 0 Å². The van der Waals surface area contributed by atoms with Crippen LogP contribution in [0.1, 0.15) is 85.5 Å². The monoisotopic (exact) mass is 495 g/mol. The number of nitrogens with two attached hydrogens (primary N) is 1. The van der Waals surface area contributed by atoms with E-state index in [0.29, 0.717) is 25.0 Å². The molecule has 11 atom stereocenters. The summed E-state index contributed by atoms with van der Waals surface area (Å²) in [6.07, 6.45) is 5.65. The molecular weight excluding hydrogens is 450 g/mol. The third-order valence-corrected chi connectivity index (χ3v) is 12.0. The molecule has 0 heterocycles. The predicted molar refractivity (Wildman–Crippen MR) is 134 cm³/mol. The molecule has 0 aromatic carbocycles. The van der Waals surface area contributed by atoms with Crippen LogP contribution in [-0.4, -0.2) is 57.3 Å².